The Morgan fingerprint density at radius 2 is 1.82 bits per heavy atom. The first-order valence-corrected chi connectivity index (χ1v) is 9.44. The SMILES string of the molecule is COc1cccc(CC(=O)N2CCN(CCOc3cccc(C#N)c3)CC2)c1. The van der Waals surface area contributed by atoms with Gasteiger partial charge in [0.15, 0.2) is 0 Å². The Kier molecular flexibility index (Phi) is 6.88. The zero-order valence-corrected chi connectivity index (χ0v) is 16.1. The summed E-state index contributed by atoms with van der Waals surface area (Å²) in [6.45, 7) is 4.50. The number of ether oxygens (including phenoxy) is 2. The molecule has 0 spiro atoms. The molecule has 1 fully saturated rings. The summed E-state index contributed by atoms with van der Waals surface area (Å²) in [5, 5.41) is 8.93. The van der Waals surface area contributed by atoms with Gasteiger partial charge < -0.3 is 14.4 Å². The third-order valence-electron chi connectivity index (χ3n) is 4.85. The number of benzene rings is 2. The first-order chi connectivity index (χ1) is 13.7. The quantitative estimate of drug-likeness (QED) is 0.739. The summed E-state index contributed by atoms with van der Waals surface area (Å²) in [4.78, 5) is 16.8. The molecule has 3 rings (SSSR count). The van der Waals surface area contributed by atoms with Crippen molar-refractivity contribution in [1.82, 2.24) is 9.80 Å². The summed E-state index contributed by atoms with van der Waals surface area (Å²) < 4.78 is 11.0. The lowest BCUT2D eigenvalue weighted by atomic mass is 10.1. The van der Waals surface area contributed by atoms with Gasteiger partial charge in [-0.2, -0.15) is 5.26 Å². The summed E-state index contributed by atoms with van der Waals surface area (Å²) in [6.07, 6.45) is 0.398. The van der Waals surface area contributed by atoms with Crippen LogP contribution in [0.15, 0.2) is 48.5 Å². The van der Waals surface area contributed by atoms with Crippen LogP contribution >= 0.6 is 0 Å². The van der Waals surface area contributed by atoms with Crippen LogP contribution in [-0.4, -0.2) is 62.1 Å². The van der Waals surface area contributed by atoms with E-state index in [1.54, 1.807) is 19.2 Å². The zero-order valence-electron chi connectivity index (χ0n) is 16.1. The molecule has 1 amide bonds. The predicted octanol–water partition coefficient (Wildman–Crippen LogP) is 2.33. The van der Waals surface area contributed by atoms with Crippen LogP contribution in [0, 0.1) is 11.3 Å². The second-order valence-electron chi connectivity index (χ2n) is 6.74. The molecular weight excluding hydrogens is 354 g/mol. The molecule has 1 heterocycles. The molecule has 0 atom stereocenters. The average Bonchev–Trinajstić information content (AvgIpc) is 2.74. The topological polar surface area (TPSA) is 65.8 Å². The average molecular weight is 379 g/mol. The van der Waals surface area contributed by atoms with Crippen LogP contribution in [-0.2, 0) is 11.2 Å². The lowest BCUT2D eigenvalue weighted by Crippen LogP contribution is -2.49. The van der Waals surface area contributed by atoms with Gasteiger partial charge in [-0.3, -0.25) is 9.69 Å². The number of carbonyl (C=O) groups excluding carboxylic acids is 1. The Hall–Kier alpha value is -3.04. The second-order valence-corrected chi connectivity index (χ2v) is 6.74. The summed E-state index contributed by atoms with van der Waals surface area (Å²) >= 11 is 0. The molecule has 0 aliphatic carbocycles. The first kappa shape index (κ1) is 19.7. The molecule has 6 heteroatoms. The van der Waals surface area contributed by atoms with Gasteiger partial charge in [0.2, 0.25) is 5.91 Å². The van der Waals surface area contributed by atoms with Crippen LogP contribution in [0.3, 0.4) is 0 Å². The highest BCUT2D eigenvalue weighted by atomic mass is 16.5. The second kappa shape index (κ2) is 9.77. The smallest absolute Gasteiger partial charge is 0.227 e. The first-order valence-electron chi connectivity index (χ1n) is 9.44. The minimum atomic E-state index is 0.150. The van der Waals surface area contributed by atoms with Crippen molar-refractivity contribution >= 4 is 5.91 Å². The lowest BCUT2D eigenvalue weighted by Gasteiger charge is -2.34. The summed E-state index contributed by atoms with van der Waals surface area (Å²) in [6, 6.07) is 16.9. The summed E-state index contributed by atoms with van der Waals surface area (Å²) in [7, 11) is 1.63. The third kappa shape index (κ3) is 5.48. The van der Waals surface area contributed by atoms with Crippen LogP contribution in [0.5, 0.6) is 11.5 Å². The van der Waals surface area contributed by atoms with Crippen LogP contribution in [0.1, 0.15) is 11.1 Å². The molecule has 0 bridgehead atoms. The molecule has 1 aliphatic heterocycles. The summed E-state index contributed by atoms with van der Waals surface area (Å²) in [5.41, 5.74) is 1.57. The van der Waals surface area contributed by atoms with Gasteiger partial charge in [-0.1, -0.05) is 18.2 Å². The van der Waals surface area contributed by atoms with Gasteiger partial charge in [-0.05, 0) is 35.9 Å². The fourth-order valence-electron chi connectivity index (χ4n) is 3.24. The fourth-order valence-corrected chi connectivity index (χ4v) is 3.24. The lowest BCUT2D eigenvalue weighted by molar-refractivity contribution is -0.132. The van der Waals surface area contributed by atoms with Gasteiger partial charge in [-0.25, -0.2) is 0 Å². The fraction of sp³-hybridized carbons (Fsp3) is 0.364. The van der Waals surface area contributed by atoms with E-state index in [-0.39, 0.29) is 5.91 Å². The number of carbonyl (C=O) groups is 1. The van der Waals surface area contributed by atoms with Gasteiger partial charge in [0, 0.05) is 32.7 Å². The predicted molar refractivity (Wildman–Crippen MR) is 106 cm³/mol. The highest BCUT2D eigenvalue weighted by molar-refractivity contribution is 5.79. The monoisotopic (exact) mass is 379 g/mol. The van der Waals surface area contributed by atoms with Crippen molar-refractivity contribution in [3.63, 3.8) is 0 Å². The highest BCUT2D eigenvalue weighted by Crippen LogP contribution is 2.15. The molecular formula is C22H25N3O3. The minimum Gasteiger partial charge on any atom is -0.497 e. The molecule has 146 valence electrons. The molecule has 2 aromatic rings. The molecule has 1 saturated heterocycles. The van der Waals surface area contributed by atoms with Crippen LogP contribution in [0.25, 0.3) is 0 Å². The van der Waals surface area contributed by atoms with E-state index in [2.05, 4.69) is 11.0 Å². The van der Waals surface area contributed by atoms with Crippen molar-refractivity contribution in [2.24, 2.45) is 0 Å². The number of amides is 1. The number of piperazine rings is 1. The number of methoxy groups -OCH3 is 1. The maximum Gasteiger partial charge on any atom is 0.227 e. The zero-order chi connectivity index (χ0) is 19.8. The molecule has 0 saturated carbocycles. The van der Waals surface area contributed by atoms with E-state index < -0.39 is 0 Å². The largest absolute Gasteiger partial charge is 0.497 e. The maximum absolute atomic E-state index is 12.5. The number of hydrogen-bond donors (Lipinski definition) is 0. The van der Waals surface area contributed by atoms with E-state index in [9.17, 15) is 4.79 Å². The normalized spacial score (nSPS) is 14.4. The van der Waals surface area contributed by atoms with E-state index >= 15 is 0 Å². The molecule has 6 nitrogen and oxygen atoms in total. The number of nitriles is 1. The molecule has 0 unspecified atom stereocenters. The van der Waals surface area contributed by atoms with Gasteiger partial charge in [0.25, 0.3) is 0 Å². The van der Waals surface area contributed by atoms with Crippen LogP contribution in [0.2, 0.25) is 0 Å². The van der Waals surface area contributed by atoms with Gasteiger partial charge in [-0.15, -0.1) is 0 Å². The van der Waals surface area contributed by atoms with E-state index in [4.69, 9.17) is 14.7 Å². The Morgan fingerprint density at radius 1 is 1.07 bits per heavy atom. The van der Waals surface area contributed by atoms with Gasteiger partial charge >= 0.3 is 0 Å². The highest BCUT2D eigenvalue weighted by Gasteiger charge is 2.21. The van der Waals surface area contributed by atoms with Crippen molar-refractivity contribution in [2.45, 2.75) is 6.42 Å². The van der Waals surface area contributed by atoms with Crippen molar-refractivity contribution < 1.29 is 14.3 Å². The van der Waals surface area contributed by atoms with E-state index in [1.165, 1.54) is 0 Å². The molecule has 2 aromatic carbocycles. The van der Waals surface area contributed by atoms with E-state index in [0.717, 1.165) is 44.0 Å². The standard InChI is InChI=1S/C22H25N3O3/c1-27-20-6-2-4-18(14-20)16-22(26)25-10-8-24(9-11-25)12-13-28-21-7-3-5-19(15-21)17-23/h2-7,14-15H,8-13,16H2,1H3. The number of nitrogens with zero attached hydrogens (tertiary/aromatic N) is 3. The third-order valence-corrected chi connectivity index (χ3v) is 4.85. The molecule has 28 heavy (non-hydrogen) atoms. The Labute approximate surface area is 165 Å². The molecule has 0 N–H and O–H groups in total. The molecule has 0 aromatic heterocycles. The Bertz CT molecular complexity index is 839. The maximum atomic E-state index is 12.5. The minimum absolute atomic E-state index is 0.150. The van der Waals surface area contributed by atoms with Crippen molar-refractivity contribution in [2.75, 3.05) is 46.4 Å². The number of hydrogen-bond acceptors (Lipinski definition) is 5. The van der Waals surface area contributed by atoms with Crippen molar-refractivity contribution in [3.8, 4) is 17.6 Å². The molecule has 0 radical (unpaired) electrons. The number of rotatable bonds is 7. The van der Waals surface area contributed by atoms with Crippen LogP contribution in [0.4, 0.5) is 0 Å². The van der Waals surface area contributed by atoms with E-state index in [0.29, 0.717) is 24.3 Å². The Morgan fingerprint density at radius 3 is 2.57 bits per heavy atom. The van der Waals surface area contributed by atoms with Crippen molar-refractivity contribution in [3.05, 3.63) is 59.7 Å². The molecule has 1 aliphatic rings. The van der Waals surface area contributed by atoms with Gasteiger partial charge in [0.1, 0.15) is 18.1 Å². The van der Waals surface area contributed by atoms with Crippen molar-refractivity contribution in [1.29, 1.82) is 5.26 Å². The summed E-state index contributed by atoms with van der Waals surface area (Å²) in [5.74, 6) is 1.64. The van der Waals surface area contributed by atoms with E-state index in [1.807, 2.05) is 41.3 Å². The van der Waals surface area contributed by atoms with Crippen LogP contribution < -0.4 is 9.47 Å². The Balaban J connectivity index is 1.40. The van der Waals surface area contributed by atoms with Gasteiger partial charge in [0.05, 0.1) is 25.2 Å².